The van der Waals surface area contributed by atoms with Crippen molar-refractivity contribution in [3.05, 3.63) is 51.6 Å². The molecule has 3 aromatic rings. The molecule has 0 saturated heterocycles. The van der Waals surface area contributed by atoms with Crippen LogP contribution in [0.2, 0.25) is 0 Å². The van der Waals surface area contributed by atoms with Gasteiger partial charge in [-0.05, 0) is 35.9 Å². The zero-order valence-electron chi connectivity index (χ0n) is 16.3. The molecule has 5 nitrogen and oxygen atoms in total. The van der Waals surface area contributed by atoms with E-state index in [4.69, 9.17) is 0 Å². The minimum absolute atomic E-state index is 0.166. The predicted octanol–water partition coefficient (Wildman–Crippen LogP) is 5.25. The molecule has 30 heavy (non-hydrogen) atoms. The van der Waals surface area contributed by atoms with E-state index in [9.17, 15) is 22.8 Å². The molecule has 1 amide bonds. The van der Waals surface area contributed by atoms with E-state index >= 15 is 0 Å². The summed E-state index contributed by atoms with van der Waals surface area (Å²) in [6.45, 7) is 4.54. The van der Waals surface area contributed by atoms with E-state index < -0.39 is 17.6 Å². The third kappa shape index (κ3) is 5.23. The summed E-state index contributed by atoms with van der Waals surface area (Å²) in [5.41, 5.74) is -0.818. The highest BCUT2D eigenvalue weighted by molar-refractivity contribution is 7.99. The molecular weight excluding hydrogens is 435 g/mol. The Bertz CT molecular complexity index is 1110. The Hall–Kier alpha value is -2.33. The molecule has 3 rings (SSSR count). The van der Waals surface area contributed by atoms with Gasteiger partial charge >= 0.3 is 6.18 Å². The molecule has 0 bridgehead atoms. The van der Waals surface area contributed by atoms with Gasteiger partial charge in [-0.3, -0.25) is 14.2 Å². The number of fused-ring (bicyclic) bond motifs is 1. The maximum Gasteiger partial charge on any atom is 0.418 e. The second kappa shape index (κ2) is 9.22. The molecule has 0 fully saturated rings. The fourth-order valence-corrected chi connectivity index (χ4v) is 4.38. The highest BCUT2D eigenvalue weighted by Gasteiger charge is 2.33. The van der Waals surface area contributed by atoms with E-state index in [1.807, 2.05) is 13.8 Å². The number of carbonyl (C=O) groups is 1. The molecule has 2 heterocycles. The molecular formula is C20H20F3N3O2S2. The number of thiophene rings is 1. The van der Waals surface area contributed by atoms with Crippen molar-refractivity contribution >= 4 is 44.9 Å². The lowest BCUT2D eigenvalue weighted by Crippen LogP contribution is -2.24. The SMILES string of the molecule is CC(C)CCn1c(SCC(=O)Nc2ccccc2C(F)(F)F)nc2ccsc2c1=O. The monoisotopic (exact) mass is 455 g/mol. The van der Waals surface area contributed by atoms with Gasteiger partial charge in [0.1, 0.15) is 4.70 Å². The fraction of sp³-hybridized carbons (Fsp3) is 0.350. The fourth-order valence-electron chi connectivity index (χ4n) is 2.77. The zero-order chi connectivity index (χ0) is 21.9. The third-order valence-electron chi connectivity index (χ3n) is 4.30. The van der Waals surface area contributed by atoms with Gasteiger partial charge < -0.3 is 5.32 Å². The number of hydrogen-bond donors (Lipinski definition) is 1. The van der Waals surface area contributed by atoms with Crippen molar-refractivity contribution in [1.82, 2.24) is 9.55 Å². The number of aromatic nitrogens is 2. The summed E-state index contributed by atoms with van der Waals surface area (Å²) in [5, 5.41) is 4.47. The van der Waals surface area contributed by atoms with Crippen LogP contribution in [0.3, 0.4) is 0 Å². The minimum atomic E-state index is -4.57. The summed E-state index contributed by atoms with van der Waals surface area (Å²) in [5.74, 6) is -0.404. The van der Waals surface area contributed by atoms with Gasteiger partial charge in [-0.15, -0.1) is 11.3 Å². The minimum Gasteiger partial charge on any atom is -0.325 e. The normalized spacial score (nSPS) is 11.9. The highest BCUT2D eigenvalue weighted by Crippen LogP contribution is 2.34. The standard InChI is InChI=1S/C20H20F3N3O2S2/c1-12(2)7-9-26-18(28)17-15(8-10-29-17)25-19(26)30-11-16(27)24-14-6-4-3-5-13(14)20(21,22)23/h3-6,8,10,12H,7,9,11H2,1-2H3,(H,24,27). The summed E-state index contributed by atoms with van der Waals surface area (Å²) in [6.07, 6.45) is -3.81. The van der Waals surface area contributed by atoms with Crippen molar-refractivity contribution in [3.8, 4) is 0 Å². The Balaban J connectivity index is 1.79. The van der Waals surface area contributed by atoms with E-state index in [1.165, 1.54) is 29.5 Å². The molecule has 1 aromatic carbocycles. The van der Waals surface area contributed by atoms with Crippen LogP contribution in [-0.4, -0.2) is 21.2 Å². The molecule has 10 heteroatoms. The molecule has 0 atom stereocenters. The number of nitrogens with one attached hydrogen (secondary N) is 1. The van der Waals surface area contributed by atoms with Crippen LogP contribution in [-0.2, 0) is 17.5 Å². The number of amides is 1. The van der Waals surface area contributed by atoms with Crippen LogP contribution in [0.5, 0.6) is 0 Å². The predicted molar refractivity (Wildman–Crippen MR) is 114 cm³/mol. The van der Waals surface area contributed by atoms with Crippen molar-refractivity contribution in [2.24, 2.45) is 5.92 Å². The Morgan fingerprint density at radius 2 is 2.00 bits per heavy atom. The van der Waals surface area contributed by atoms with E-state index in [0.717, 1.165) is 24.2 Å². The maximum absolute atomic E-state index is 13.1. The molecule has 1 N–H and O–H groups in total. The molecule has 2 aromatic heterocycles. The molecule has 0 saturated carbocycles. The number of rotatable bonds is 7. The summed E-state index contributed by atoms with van der Waals surface area (Å²) in [6, 6.07) is 6.55. The quantitative estimate of drug-likeness (QED) is 0.390. The van der Waals surface area contributed by atoms with Crippen LogP contribution in [0, 0.1) is 5.92 Å². The lowest BCUT2D eigenvalue weighted by Gasteiger charge is -2.15. The van der Waals surface area contributed by atoms with Crippen LogP contribution >= 0.6 is 23.1 Å². The molecule has 0 unspecified atom stereocenters. The molecule has 0 radical (unpaired) electrons. The number of benzene rings is 1. The third-order valence-corrected chi connectivity index (χ3v) is 6.17. The van der Waals surface area contributed by atoms with Crippen molar-refractivity contribution in [3.63, 3.8) is 0 Å². The Morgan fingerprint density at radius 1 is 1.27 bits per heavy atom. The van der Waals surface area contributed by atoms with Gasteiger partial charge in [0.2, 0.25) is 5.91 Å². The van der Waals surface area contributed by atoms with Gasteiger partial charge in [0, 0.05) is 6.54 Å². The summed E-state index contributed by atoms with van der Waals surface area (Å²) in [7, 11) is 0. The van der Waals surface area contributed by atoms with E-state index in [1.54, 1.807) is 16.0 Å². The molecule has 0 aliphatic heterocycles. The first-order valence-corrected chi connectivity index (χ1v) is 11.1. The number of hydrogen-bond acceptors (Lipinski definition) is 5. The number of para-hydroxylation sites is 1. The number of alkyl halides is 3. The molecule has 0 aliphatic rings. The first-order chi connectivity index (χ1) is 14.2. The van der Waals surface area contributed by atoms with Crippen LogP contribution in [0.1, 0.15) is 25.8 Å². The summed E-state index contributed by atoms with van der Waals surface area (Å²) >= 11 is 2.35. The number of thioether (sulfide) groups is 1. The summed E-state index contributed by atoms with van der Waals surface area (Å²) < 4.78 is 41.4. The highest BCUT2D eigenvalue weighted by atomic mass is 32.2. The molecule has 0 spiro atoms. The van der Waals surface area contributed by atoms with Crippen LogP contribution in [0.25, 0.3) is 10.2 Å². The molecule has 0 aliphatic carbocycles. The Kier molecular flexibility index (Phi) is 6.87. The average Bonchev–Trinajstić information content (AvgIpc) is 3.14. The average molecular weight is 456 g/mol. The zero-order valence-corrected chi connectivity index (χ0v) is 18.0. The first-order valence-electron chi connectivity index (χ1n) is 9.23. The van der Waals surface area contributed by atoms with Gasteiger partial charge in [0.05, 0.1) is 22.5 Å². The van der Waals surface area contributed by atoms with Crippen LogP contribution in [0.15, 0.2) is 45.7 Å². The van der Waals surface area contributed by atoms with Gasteiger partial charge in [-0.1, -0.05) is 37.7 Å². The maximum atomic E-state index is 13.1. The lowest BCUT2D eigenvalue weighted by atomic mass is 10.1. The summed E-state index contributed by atoms with van der Waals surface area (Å²) in [4.78, 5) is 29.6. The van der Waals surface area contributed by atoms with E-state index in [-0.39, 0.29) is 17.0 Å². The van der Waals surface area contributed by atoms with Gasteiger partial charge in [0.25, 0.3) is 5.56 Å². The van der Waals surface area contributed by atoms with E-state index in [2.05, 4.69) is 10.3 Å². The second-order valence-electron chi connectivity index (χ2n) is 7.05. The smallest absolute Gasteiger partial charge is 0.325 e. The number of anilines is 1. The van der Waals surface area contributed by atoms with E-state index in [0.29, 0.717) is 27.8 Å². The molecule has 160 valence electrons. The van der Waals surface area contributed by atoms with Crippen molar-refractivity contribution in [1.29, 1.82) is 0 Å². The van der Waals surface area contributed by atoms with Gasteiger partial charge in [-0.2, -0.15) is 13.2 Å². The Labute approximate surface area is 179 Å². The topological polar surface area (TPSA) is 64.0 Å². The first kappa shape index (κ1) is 22.4. The number of halogens is 3. The van der Waals surface area contributed by atoms with Crippen LogP contribution in [0.4, 0.5) is 18.9 Å². The second-order valence-corrected chi connectivity index (χ2v) is 8.91. The lowest BCUT2D eigenvalue weighted by molar-refractivity contribution is -0.137. The van der Waals surface area contributed by atoms with Crippen molar-refractivity contribution in [2.75, 3.05) is 11.1 Å². The van der Waals surface area contributed by atoms with Crippen LogP contribution < -0.4 is 10.9 Å². The van der Waals surface area contributed by atoms with Gasteiger partial charge in [-0.25, -0.2) is 4.98 Å². The number of nitrogens with zero attached hydrogens (tertiary/aromatic N) is 2. The van der Waals surface area contributed by atoms with Gasteiger partial charge in [0.15, 0.2) is 5.16 Å². The Morgan fingerprint density at radius 3 is 2.70 bits per heavy atom. The van der Waals surface area contributed by atoms with Crippen molar-refractivity contribution < 1.29 is 18.0 Å². The largest absolute Gasteiger partial charge is 0.418 e. The number of carbonyl (C=O) groups excluding carboxylic acids is 1. The van der Waals surface area contributed by atoms with Crippen molar-refractivity contribution in [2.45, 2.75) is 38.1 Å².